The molecule has 0 radical (unpaired) electrons. The number of halogens is 3. The highest BCUT2D eigenvalue weighted by Crippen LogP contribution is 2.37. The van der Waals surface area contributed by atoms with Crippen LogP contribution < -0.4 is 4.74 Å². The number of carbonyl (C=O) groups is 2. The number of carbonyl (C=O) groups excluding carboxylic acids is 2. The lowest BCUT2D eigenvalue weighted by Crippen LogP contribution is -2.27. The highest BCUT2D eigenvalue weighted by Gasteiger charge is 2.35. The van der Waals surface area contributed by atoms with Gasteiger partial charge in [-0.25, -0.2) is 4.39 Å². The minimum Gasteiger partial charge on any atom is -0.487 e. The predicted molar refractivity (Wildman–Crippen MR) is 141 cm³/mol. The number of hydrogen-bond acceptors (Lipinski definition) is 4. The third kappa shape index (κ3) is 5.34. The van der Waals surface area contributed by atoms with E-state index in [1.807, 2.05) is 42.5 Å². The second-order valence-electron chi connectivity index (χ2n) is 6.94. The standard InChI is InChI=1S/C24H16FI2NO3S/c25-19-9-5-4-8-16(19)13-28-23(29)21(32-24(28)30)11-17-10-18(26)12-20(27)22(17)31-14-15-6-2-1-3-7-15/h1-12H,13-14H2/b21-11+. The van der Waals surface area contributed by atoms with Crippen LogP contribution in [0.2, 0.25) is 0 Å². The summed E-state index contributed by atoms with van der Waals surface area (Å²) in [5.41, 5.74) is 2.04. The second-order valence-corrected chi connectivity index (χ2v) is 10.3. The number of amides is 2. The third-order valence-corrected chi connectivity index (χ3v) is 7.04. The molecule has 0 saturated carbocycles. The zero-order valence-corrected chi connectivity index (χ0v) is 21.7. The highest BCUT2D eigenvalue weighted by molar-refractivity contribution is 14.1. The molecule has 0 bridgehead atoms. The monoisotopic (exact) mass is 671 g/mol. The second kappa shape index (κ2) is 10.3. The van der Waals surface area contributed by atoms with Crippen LogP contribution in [0.3, 0.4) is 0 Å². The Labute approximate surface area is 216 Å². The molecule has 4 rings (SSSR count). The van der Waals surface area contributed by atoms with Gasteiger partial charge in [-0.15, -0.1) is 0 Å². The summed E-state index contributed by atoms with van der Waals surface area (Å²) in [5.74, 6) is -0.235. The molecule has 1 aliphatic rings. The van der Waals surface area contributed by atoms with E-state index in [1.54, 1.807) is 24.3 Å². The molecule has 4 nitrogen and oxygen atoms in total. The van der Waals surface area contributed by atoms with E-state index >= 15 is 0 Å². The minimum atomic E-state index is -0.445. The van der Waals surface area contributed by atoms with Gasteiger partial charge in [0.25, 0.3) is 11.1 Å². The number of hydrogen-bond donors (Lipinski definition) is 0. The first kappa shape index (κ1) is 23.2. The molecule has 1 fully saturated rings. The minimum absolute atomic E-state index is 0.101. The maximum Gasteiger partial charge on any atom is 0.293 e. The van der Waals surface area contributed by atoms with Gasteiger partial charge in [0.15, 0.2) is 0 Å². The van der Waals surface area contributed by atoms with Crippen molar-refractivity contribution in [2.24, 2.45) is 0 Å². The first-order valence-electron chi connectivity index (χ1n) is 9.57. The Kier molecular flexibility index (Phi) is 7.51. The first-order valence-corrected chi connectivity index (χ1v) is 12.5. The number of imide groups is 1. The van der Waals surface area contributed by atoms with Gasteiger partial charge in [-0.2, -0.15) is 0 Å². The lowest BCUT2D eigenvalue weighted by atomic mass is 10.1. The van der Waals surface area contributed by atoms with E-state index in [0.29, 0.717) is 23.5 Å². The summed E-state index contributed by atoms with van der Waals surface area (Å²) in [7, 11) is 0. The SMILES string of the molecule is O=C1S/C(=C/c2cc(I)cc(I)c2OCc2ccccc2)C(=O)N1Cc1ccccc1F. The van der Waals surface area contributed by atoms with E-state index < -0.39 is 17.0 Å². The molecule has 1 aliphatic heterocycles. The van der Waals surface area contributed by atoms with Crippen molar-refractivity contribution in [2.45, 2.75) is 13.2 Å². The molecular weight excluding hydrogens is 655 g/mol. The fourth-order valence-electron chi connectivity index (χ4n) is 3.14. The predicted octanol–water partition coefficient (Wildman–Crippen LogP) is 6.85. The van der Waals surface area contributed by atoms with Crippen molar-refractivity contribution in [3.8, 4) is 5.75 Å². The van der Waals surface area contributed by atoms with Crippen LogP contribution in [0, 0.1) is 13.0 Å². The van der Waals surface area contributed by atoms with Crippen molar-refractivity contribution in [1.29, 1.82) is 0 Å². The smallest absolute Gasteiger partial charge is 0.293 e. The zero-order valence-electron chi connectivity index (χ0n) is 16.6. The summed E-state index contributed by atoms with van der Waals surface area (Å²) in [5, 5.41) is -0.420. The highest BCUT2D eigenvalue weighted by atomic mass is 127. The van der Waals surface area contributed by atoms with Crippen molar-refractivity contribution in [3.05, 3.63) is 101 Å². The van der Waals surface area contributed by atoms with Crippen LogP contribution in [0.15, 0.2) is 71.6 Å². The normalized spacial score (nSPS) is 15.0. The van der Waals surface area contributed by atoms with E-state index in [0.717, 1.165) is 29.4 Å². The van der Waals surface area contributed by atoms with Gasteiger partial charge < -0.3 is 4.74 Å². The number of nitrogens with zero attached hydrogens (tertiary/aromatic N) is 1. The van der Waals surface area contributed by atoms with Crippen LogP contribution in [0.5, 0.6) is 5.75 Å². The van der Waals surface area contributed by atoms with E-state index in [2.05, 4.69) is 45.2 Å². The Hall–Kier alpha value is -1.92. The average molecular weight is 671 g/mol. The largest absolute Gasteiger partial charge is 0.487 e. The Morgan fingerprint density at radius 1 is 1.00 bits per heavy atom. The van der Waals surface area contributed by atoms with Crippen molar-refractivity contribution >= 4 is 74.2 Å². The average Bonchev–Trinajstić information content (AvgIpc) is 3.02. The van der Waals surface area contributed by atoms with Gasteiger partial charge in [0.2, 0.25) is 0 Å². The lowest BCUT2D eigenvalue weighted by Gasteiger charge is -2.14. The van der Waals surface area contributed by atoms with Crippen molar-refractivity contribution in [1.82, 2.24) is 4.90 Å². The summed E-state index contributed by atoms with van der Waals surface area (Å²) in [6.45, 7) is 0.281. The zero-order chi connectivity index (χ0) is 22.7. The van der Waals surface area contributed by atoms with Crippen molar-refractivity contribution in [3.63, 3.8) is 0 Å². The van der Waals surface area contributed by atoms with Crippen LogP contribution >= 0.6 is 56.9 Å². The molecule has 1 heterocycles. The van der Waals surface area contributed by atoms with Gasteiger partial charge in [-0.3, -0.25) is 14.5 Å². The summed E-state index contributed by atoms with van der Waals surface area (Å²) < 4.78 is 22.0. The molecule has 3 aromatic rings. The molecule has 32 heavy (non-hydrogen) atoms. The molecule has 0 unspecified atom stereocenters. The molecule has 0 N–H and O–H groups in total. The van der Waals surface area contributed by atoms with E-state index in [9.17, 15) is 14.0 Å². The quantitative estimate of drug-likeness (QED) is 0.213. The molecule has 0 spiro atoms. The molecule has 0 aliphatic carbocycles. The first-order chi connectivity index (χ1) is 15.4. The van der Waals surface area contributed by atoms with Gasteiger partial charge in [-0.05, 0) is 86.8 Å². The fraction of sp³-hybridized carbons (Fsp3) is 0.0833. The summed E-state index contributed by atoms with van der Waals surface area (Å²) in [6, 6.07) is 19.8. The van der Waals surface area contributed by atoms with Crippen LogP contribution in [0.4, 0.5) is 9.18 Å². The van der Waals surface area contributed by atoms with Gasteiger partial charge >= 0.3 is 0 Å². The van der Waals surface area contributed by atoms with E-state index in [4.69, 9.17) is 4.74 Å². The molecule has 2 amide bonds. The van der Waals surface area contributed by atoms with Crippen LogP contribution in [-0.4, -0.2) is 16.0 Å². The molecule has 162 valence electrons. The Morgan fingerprint density at radius 2 is 1.72 bits per heavy atom. The third-order valence-electron chi connectivity index (χ3n) is 4.71. The van der Waals surface area contributed by atoms with Crippen LogP contribution in [-0.2, 0) is 17.9 Å². The fourth-order valence-corrected chi connectivity index (χ4v) is 6.02. The summed E-state index contributed by atoms with van der Waals surface area (Å²) in [4.78, 5) is 26.8. The van der Waals surface area contributed by atoms with E-state index in [-0.39, 0.29) is 11.4 Å². The number of ether oxygens (including phenoxy) is 1. The van der Waals surface area contributed by atoms with E-state index in [1.165, 1.54) is 6.07 Å². The maximum absolute atomic E-state index is 14.0. The molecule has 1 saturated heterocycles. The number of rotatable bonds is 6. The Bertz CT molecular complexity index is 1220. The molecule has 0 aromatic heterocycles. The topological polar surface area (TPSA) is 46.6 Å². The van der Waals surface area contributed by atoms with Gasteiger partial charge in [0, 0.05) is 14.7 Å². The van der Waals surface area contributed by atoms with Crippen LogP contribution in [0.25, 0.3) is 6.08 Å². The van der Waals surface area contributed by atoms with Crippen molar-refractivity contribution < 1.29 is 18.7 Å². The number of thioether (sulfide) groups is 1. The van der Waals surface area contributed by atoms with Gasteiger partial charge in [0.1, 0.15) is 18.2 Å². The maximum atomic E-state index is 14.0. The van der Waals surface area contributed by atoms with Gasteiger partial charge in [-0.1, -0.05) is 48.5 Å². The summed E-state index contributed by atoms with van der Waals surface area (Å²) >= 11 is 5.26. The Morgan fingerprint density at radius 3 is 2.47 bits per heavy atom. The van der Waals surface area contributed by atoms with Crippen LogP contribution in [0.1, 0.15) is 16.7 Å². The molecule has 3 aromatic carbocycles. The molecule has 8 heteroatoms. The summed E-state index contributed by atoms with van der Waals surface area (Å²) in [6.07, 6.45) is 1.68. The van der Waals surface area contributed by atoms with Gasteiger partial charge in [0.05, 0.1) is 15.0 Å². The lowest BCUT2D eigenvalue weighted by molar-refractivity contribution is -0.123. The molecule has 0 atom stereocenters. The number of benzene rings is 3. The Balaban J connectivity index is 1.61. The van der Waals surface area contributed by atoms with Crippen molar-refractivity contribution in [2.75, 3.05) is 0 Å². The molecular formula is C24H16FI2NO3S.